The number of amidine groups is 1. The van der Waals surface area contributed by atoms with Gasteiger partial charge >= 0.3 is 5.69 Å². The number of nitrogens with zero attached hydrogens (tertiary/aromatic N) is 1. The summed E-state index contributed by atoms with van der Waals surface area (Å²) in [4.78, 5) is 10.2. The van der Waals surface area contributed by atoms with E-state index in [0.29, 0.717) is 5.75 Å². The first-order valence-corrected chi connectivity index (χ1v) is 4.78. The number of benzene rings is 1. The number of hydrogen-bond donors (Lipinski definition) is 2. The third kappa shape index (κ3) is 3.07. The molecule has 92 valence electrons. The summed E-state index contributed by atoms with van der Waals surface area (Å²) >= 11 is 0. The number of nitro benzene ring substituents is 1. The summed E-state index contributed by atoms with van der Waals surface area (Å²) in [5.74, 6) is 0.216. The molecule has 1 aromatic carbocycles. The molecule has 7 heteroatoms. The summed E-state index contributed by atoms with van der Waals surface area (Å²) in [6, 6.07) is 4.20. The highest BCUT2D eigenvalue weighted by atomic mass is 16.6. The van der Waals surface area contributed by atoms with E-state index < -0.39 is 11.0 Å². The Hall–Kier alpha value is -2.31. The highest BCUT2D eigenvalue weighted by molar-refractivity contribution is 5.81. The minimum atomic E-state index is -0.720. The second-order valence-electron chi connectivity index (χ2n) is 3.31. The van der Waals surface area contributed by atoms with Gasteiger partial charge in [-0.1, -0.05) is 0 Å². The second kappa shape index (κ2) is 5.15. The van der Waals surface area contributed by atoms with Gasteiger partial charge in [-0.15, -0.1) is 0 Å². The second-order valence-corrected chi connectivity index (χ2v) is 3.31. The van der Waals surface area contributed by atoms with Crippen molar-refractivity contribution < 1.29 is 14.4 Å². The number of nitrogens with two attached hydrogens (primary N) is 1. The molecule has 0 spiro atoms. The molecule has 0 aliphatic heterocycles. The van der Waals surface area contributed by atoms with Gasteiger partial charge in [-0.05, 0) is 19.1 Å². The third-order valence-corrected chi connectivity index (χ3v) is 2.10. The first-order chi connectivity index (χ1) is 7.95. The van der Waals surface area contributed by atoms with Gasteiger partial charge in [-0.25, -0.2) is 0 Å². The van der Waals surface area contributed by atoms with Crippen LogP contribution >= 0.6 is 0 Å². The topological polar surface area (TPSA) is 111 Å². The van der Waals surface area contributed by atoms with Crippen LogP contribution in [-0.4, -0.2) is 24.0 Å². The Kier molecular flexibility index (Phi) is 3.86. The van der Waals surface area contributed by atoms with Gasteiger partial charge in [0.1, 0.15) is 11.6 Å². The molecule has 3 N–H and O–H groups in total. The summed E-state index contributed by atoms with van der Waals surface area (Å²) in [5, 5.41) is 18.0. The van der Waals surface area contributed by atoms with E-state index in [4.69, 9.17) is 20.6 Å². The fourth-order valence-electron chi connectivity index (χ4n) is 1.12. The molecular weight excluding hydrogens is 226 g/mol. The Morgan fingerprint density at radius 1 is 1.59 bits per heavy atom. The van der Waals surface area contributed by atoms with Crippen molar-refractivity contribution in [2.45, 2.75) is 13.0 Å². The van der Waals surface area contributed by atoms with Crippen LogP contribution in [0.15, 0.2) is 18.2 Å². The van der Waals surface area contributed by atoms with Crippen LogP contribution in [0.2, 0.25) is 0 Å². The summed E-state index contributed by atoms with van der Waals surface area (Å²) < 4.78 is 10.1. The van der Waals surface area contributed by atoms with E-state index in [1.165, 1.54) is 32.2 Å². The molecule has 0 saturated carbocycles. The van der Waals surface area contributed by atoms with E-state index in [9.17, 15) is 10.1 Å². The fourth-order valence-corrected chi connectivity index (χ4v) is 1.12. The Bertz CT molecular complexity index is 447. The van der Waals surface area contributed by atoms with Crippen molar-refractivity contribution in [3.63, 3.8) is 0 Å². The van der Waals surface area contributed by atoms with Gasteiger partial charge in [0.2, 0.25) is 0 Å². The van der Waals surface area contributed by atoms with Crippen LogP contribution in [-0.2, 0) is 0 Å². The lowest BCUT2D eigenvalue weighted by Gasteiger charge is -2.13. The van der Waals surface area contributed by atoms with Crippen LogP contribution in [0.25, 0.3) is 0 Å². The first kappa shape index (κ1) is 12.8. The monoisotopic (exact) mass is 239 g/mol. The maximum atomic E-state index is 10.8. The lowest BCUT2D eigenvalue weighted by Crippen LogP contribution is -2.30. The summed E-state index contributed by atoms with van der Waals surface area (Å²) in [6.45, 7) is 1.54. The minimum Gasteiger partial charge on any atom is -0.496 e. The molecule has 0 heterocycles. The van der Waals surface area contributed by atoms with Crippen LogP contribution in [0, 0.1) is 15.5 Å². The maximum absolute atomic E-state index is 10.8. The SMILES string of the molecule is COc1ccc(OC(C)C(=N)N)c([N+](=O)[O-])c1. The molecule has 1 aromatic rings. The molecule has 1 rings (SSSR count). The van der Waals surface area contributed by atoms with E-state index >= 15 is 0 Å². The van der Waals surface area contributed by atoms with Crippen molar-refractivity contribution in [1.29, 1.82) is 5.41 Å². The minimum absolute atomic E-state index is 0.0542. The predicted octanol–water partition coefficient (Wildman–Crippen LogP) is 1.31. The molecule has 1 unspecified atom stereocenters. The average Bonchev–Trinajstić information content (AvgIpc) is 2.29. The van der Waals surface area contributed by atoms with E-state index in [2.05, 4.69) is 0 Å². The van der Waals surface area contributed by atoms with Gasteiger partial charge in [0.05, 0.1) is 18.1 Å². The van der Waals surface area contributed by atoms with E-state index in [1.807, 2.05) is 0 Å². The van der Waals surface area contributed by atoms with Crippen molar-refractivity contribution in [1.82, 2.24) is 0 Å². The number of nitro groups is 1. The summed E-state index contributed by atoms with van der Waals surface area (Å²) in [7, 11) is 1.41. The van der Waals surface area contributed by atoms with Gasteiger partial charge < -0.3 is 15.2 Å². The smallest absolute Gasteiger partial charge is 0.314 e. The van der Waals surface area contributed by atoms with Crippen molar-refractivity contribution in [2.75, 3.05) is 7.11 Å². The van der Waals surface area contributed by atoms with Crippen LogP contribution in [0.4, 0.5) is 5.69 Å². The highest BCUT2D eigenvalue weighted by Crippen LogP contribution is 2.31. The number of methoxy groups -OCH3 is 1. The Morgan fingerprint density at radius 3 is 2.71 bits per heavy atom. The molecule has 0 aliphatic carbocycles. The fraction of sp³-hybridized carbons (Fsp3) is 0.300. The predicted molar refractivity (Wildman–Crippen MR) is 61.7 cm³/mol. The van der Waals surface area contributed by atoms with Crippen molar-refractivity contribution >= 4 is 11.5 Å². The molecule has 7 nitrogen and oxygen atoms in total. The zero-order valence-corrected chi connectivity index (χ0v) is 9.47. The number of hydrogen-bond acceptors (Lipinski definition) is 5. The molecule has 17 heavy (non-hydrogen) atoms. The normalized spacial score (nSPS) is 11.6. The summed E-state index contributed by atoms with van der Waals surface area (Å²) in [5.41, 5.74) is 5.01. The molecule has 0 bridgehead atoms. The molecule has 0 saturated heterocycles. The maximum Gasteiger partial charge on any atom is 0.314 e. The lowest BCUT2D eigenvalue weighted by molar-refractivity contribution is -0.386. The molecule has 0 aromatic heterocycles. The largest absolute Gasteiger partial charge is 0.496 e. The molecule has 0 aliphatic rings. The lowest BCUT2D eigenvalue weighted by atomic mass is 10.2. The average molecular weight is 239 g/mol. The van der Waals surface area contributed by atoms with Crippen LogP contribution < -0.4 is 15.2 Å². The van der Waals surface area contributed by atoms with E-state index in [1.54, 1.807) is 0 Å². The zero-order valence-electron chi connectivity index (χ0n) is 9.47. The molecule has 1 atom stereocenters. The Balaban J connectivity index is 3.06. The Morgan fingerprint density at radius 2 is 2.24 bits per heavy atom. The first-order valence-electron chi connectivity index (χ1n) is 4.78. The standard InChI is InChI=1S/C10H13N3O4/c1-6(10(11)12)17-9-4-3-7(16-2)5-8(9)13(14)15/h3-6H,1-2H3,(H3,11,12). The van der Waals surface area contributed by atoms with Gasteiger partial charge in [0.15, 0.2) is 11.9 Å². The van der Waals surface area contributed by atoms with Crippen molar-refractivity contribution in [2.24, 2.45) is 5.73 Å². The van der Waals surface area contributed by atoms with E-state index in [0.717, 1.165) is 0 Å². The number of ether oxygens (including phenoxy) is 2. The van der Waals surface area contributed by atoms with Gasteiger partial charge in [-0.2, -0.15) is 0 Å². The number of nitrogens with one attached hydrogen (secondary N) is 1. The number of rotatable bonds is 5. The molecule has 0 fully saturated rings. The zero-order chi connectivity index (χ0) is 13.0. The Labute approximate surface area is 97.8 Å². The molecule has 0 radical (unpaired) electrons. The molecular formula is C10H13N3O4. The van der Waals surface area contributed by atoms with Crippen molar-refractivity contribution in [3.8, 4) is 11.5 Å². The summed E-state index contributed by atoms with van der Waals surface area (Å²) in [6.07, 6.45) is -0.720. The van der Waals surface area contributed by atoms with E-state index in [-0.39, 0.29) is 17.3 Å². The highest BCUT2D eigenvalue weighted by Gasteiger charge is 2.19. The van der Waals surface area contributed by atoms with Crippen molar-refractivity contribution in [3.05, 3.63) is 28.3 Å². The third-order valence-electron chi connectivity index (χ3n) is 2.10. The van der Waals surface area contributed by atoms with Crippen LogP contribution in [0.5, 0.6) is 11.5 Å². The van der Waals surface area contributed by atoms with Gasteiger partial charge in [0, 0.05) is 0 Å². The molecule has 0 amide bonds. The quantitative estimate of drug-likeness (QED) is 0.348. The van der Waals surface area contributed by atoms with Gasteiger partial charge in [-0.3, -0.25) is 15.5 Å². The van der Waals surface area contributed by atoms with Gasteiger partial charge in [0.25, 0.3) is 0 Å². The van der Waals surface area contributed by atoms with Crippen LogP contribution in [0.1, 0.15) is 6.92 Å². The van der Waals surface area contributed by atoms with Crippen LogP contribution in [0.3, 0.4) is 0 Å².